The minimum Gasteiger partial charge on any atom is -0.494 e. The number of amides is 1. The number of methoxy groups -OCH3 is 1. The highest BCUT2D eigenvalue weighted by Gasteiger charge is 2.23. The molecule has 0 aromatic heterocycles. The number of anilines is 2. The number of nitrogens with one attached hydrogen (secondary N) is 1. The van der Waals surface area contributed by atoms with Crippen LogP contribution in [-0.4, -0.2) is 34.6 Å². The lowest BCUT2D eigenvalue weighted by Gasteiger charge is -2.28. The molecule has 1 aliphatic heterocycles. The van der Waals surface area contributed by atoms with E-state index in [0.29, 0.717) is 42.4 Å². The van der Waals surface area contributed by atoms with Crippen LogP contribution >= 0.6 is 0 Å². The van der Waals surface area contributed by atoms with Crippen LogP contribution < -0.4 is 19.1 Å². The van der Waals surface area contributed by atoms with Crippen LogP contribution in [0.25, 0.3) is 0 Å². The molecule has 0 spiro atoms. The number of hydrogen-bond acceptors (Lipinski definition) is 5. The van der Waals surface area contributed by atoms with Crippen LogP contribution in [-0.2, 0) is 14.8 Å². The second kappa shape index (κ2) is 8.52. The second-order valence-electron chi connectivity index (χ2n) is 6.40. The number of sulfonamides is 1. The van der Waals surface area contributed by atoms with Crippen LogP contribution in [0.4, 0.5) is 11.4 Å². The zero-order valence-corrected chi connectivity index (χ0v) is 16.8. The largest absolute Gasteiger partial charge is 0.494 e. The van der Waals surface area contributed by atoms with E-state index in [1.807, 2.05) is 6.92 Å². The third-order valence-electron chi connectivity index (χ3n) is 4.49. The van der Waals surface area contributed by atoms with Gasteiger partial charge in [-0.25, -0.2) is 8.42 Å². The highest BCUT2D eigenvalue weighted by atomic mass is 32.2. The summed E-state index contributed by atoms with van der Waals surface area (Å²) in [7, 11) is -2.26. The Morgan fingerprint density at radius 3 is 2.50 bits per heavy atom. The average Bonchev–Trinajstić information content (AvgIpc) is 2.69. The fourth-order valence-corrected chi connectivity index (χ4v) is 4.17. The summed E-state index contributed by atoms with van der Waals surface area (Å²) < 4.78 is 38.6. The summed E-state index contributed by atoms with van der Waals surface area (Å²) >= 11 is 0. The molecule has 2 aromatic carbocycles. The standard InChI is InChI=1S/C20H24N2O5S/c1-3-27-16-8-10-17(11-9-16)28(24,25)21-15-7-12-18(19(14-15)26-2)22-13-5-4-6-20(22)23/h7-12,14,21H,3-6,13H2,1-2H3. The maximum absolute atomic E-state index is 12.7. The van der Waals surface area contributed by atoms with Crippen LogP contribution in [0.1, 0.15) is 26.2 Å². The zero-order valence-electron chi connectivity index (χ0n) is 16.0. The molecule has 1 heterocycles. The lowest BCUT2D eigenvalue weighted by Crippen LogP contribution is -2.35. The summed E-state index contributed by atoms with van der Waals surface area (Å²) in [5, 5.41) is 0. The molecule has 1 fully saturated rings. The number of hydrogen-bond donors (Lipinski definition) is 1. The Morgan fingerprint density at radius 1 is 1.11 bits per heavy atom. The summed E-state index contributed by atoms with van der Waals surface area (Å²) in [6.07, 6.45) is 2.33. The summed E-state index contributed by atoms with van der Waals surface area (Å²) in [5.74, 6) is 1.10. The van der Waals surface area contributed by atoms with Crippen molar-refractivity contribution in [2.45, 2.75) is 31.1 Å². The van der Waals surface area contributed by atoms with E-state index in [4.69, 9.17) is 9.47 Å². The SMILES string of the molecule is CCOc1ccc(S(=O)(=O)Nc2ccc(N3CCCCC3=O)c(OC)c2)cc1. The summed E-state index contributed by atoms with van der Waals surface area (Å²) in [6.45, 7) is 3.00. The molecule has 0 unspecified atom stereocenters. The lowest BCUT2D eigenvalue weighted by molar-refractivity contribution is -0.119. The van der Waals surface area contributed by atoms with Crippen LogP contribution in [0.15, 0.2) is 47.4 Å². The average molecular weight is 404 g/mol. The van der Waals surface area contributed by atoms with E-state index < -0.39 is 10.0 Å². The fraction of sp³-hybridized carbons (Fsp3) is 0.350. The van der Waals surface area contributed by atoms with Gasteiger partial charge in [-0.3, -0.25) is 9.52 Å². The summed E-state index contributed by atoms with van der Waals surface area (Å²) in [6, 6.07) is 11.1. The number of rotatable bonds is 7. The Labute approximate surface area is 165 Å². The van der Waals surface area contributed by atoms with Crippen molar-refractivity contribution in [2.24, 2.45) is 0 Å². The van der Waals surface area contributed by atoms with E-state index in [1.165, 1.54) is 19.2 Å². The van der Waals surface area contributed by atoms with E-state index in [0.717, 1.165) is 12.8 Å². The first-order valence-electron chi connectivity index (χ1n) is 9.18. The molecule has 0 aliphatic carbocycles. The Bertz CT molecular complexity index is 942. The van der Waals surface area contributed by atoms with Crippen molar-refractivity contribution in [1.29, 1.82) is 0 Å². The van der Waals surface area contributed by atoms with Gasteiger partial charge in [-0.2, -0.15) is 0 Å². The summed E-state index contributed by atoms with van der Waals surface area (Å²) in [5.41, 5.74) is 1.01. The first kappa shape index (κ1) is 20.0. The molecule has 3 rings (SSSR count). The number of ether oxygens (including phenoxy) is 2. The van der Waals surface area contributed by atoms with E-state index in [2.05, 4.69) is 4.72 Å². The molecular formula is C20H24N2O5S. The molecule has 1 amide bonds. The predicted octanol–water partition coefficient (Wildman–Crippen LogP) is 3.41. The normalized spacial score (nSPS) is 14.6. The van der Waals surface area contributed by atoms with Crippen LogP contribution in [0.3, 0.4) is 0 Å². The van der Waals surface area contributed by atoms with Gasteiger partial charge in [-0.15, -0.1) is 0 Å². The van der Waals surface area contributed by atoms with E-state index in [1.54, 1.807) is 35.2 Å². The Morgan fingerprint density at radius 2 is 1.86 bits per heavy atom. The molecule has 28 heavy (non-hydrogen) atoms. The third-order valence-corrected chi connectivity index (χ3v) is 5.89. The van der Waals surface area contributed by atoms with Gasteiger partial charge in [0.15, 0.2) is 0 Å². The molecule has 150 valence electrons. The predicted molar refractivity (Wildman–Crippen MR) is 108 cm³/mol. The van der Waals surface area contributed by atoms with Crippen molar-refractivity contribution < 1.29 is 22.7 Å². The van der Waals surface area contributed by atoms with Gasteiger partial charge in [0.1, 0.15) is 11.5 Å². The number of benzene rings is 2. The second-order valence-corrected chi connectivity index (χ2v) is 8.08. The lowest BCUT2D eigenvalue weighted by atomic mass is 10.1. The van der Waals surface area contributed by atoms with Crippen LogP contribution in [0.2, 0.25) is 0 Å². The first-order chi connectivity index (χ1) is 13.4. The van der Waals surface area contributed by atoms with Gasteiger partial charge >= 0.3 is 0 Å². The minimum absolute atomic E-state index is 0.0484. The molecular weight excluding hydrogens is 380 g/mol. The Balaban J connectivity index is 1.82. The highest BCUT2D eigenvalue weighted by Crippen LogP contribution is 2.34. The van der Waals surface area contributed by atoms with Gasteiger partial charge < -0.3 is 14.4 Å². The highest BCUT2D eigenvalue weighted by molar-refractivity contribution is 7.92. The molecule has 0 atom stereocenters. The molecule has 2 aromatic rings. The topological polar surface area (TPSA) is 84.9 Å². The number of carbonyl (C=O) groups is 1. The minimum atomic E-state index is -3.76. The Hall–Kier alpha value is -2.74. The molecule has 1 aliphatic rings. The maximum atomic E-state index is 12.7. The van der Waals surface area contributed by atoms with Crippen LogP contribution in [0, 0.1) is 0 Å². The number of piperidine rings is 1. The molecule has 0 radical (unpaired) electrons. The van der Waals surface area contributed by atoms with Gasteiger partial charge in [0.05, 0.1) is 30.0 Å². The number of carbonyl (C=O) groups excluding carboxylic acids is 1. The molecule has 7 nitrogen and oxygen atoms in total. The first-order valence-corrected chi connectivity index (χ1v) is 10.7. The van der Waals surface area contributed by atoms with Crippen molar-refractivity contribution in [3.05, 3.63) is 42.5 Å². The smallest absolute Gasteiger partial charge is 0.261 e. The third kappa shape index (κ3) is 4.39. The Kier molecular flexibility index (Phi) is 6.08. The molecule has 0 bridgehead atoms. The monoisotopic (exact) mass is 404 g/mol. The molecule has 0 saturated carbocycles. The van der Waals surface area contributed by atoms with Gasteiger partial charge in [0.25, 0.3) is 10.0 Å². The summed E-state index contributed by atoms with van der Waals surface area (Å²) in [4.78, 5) is 14.0. The van der Waals surface area contributed by atoms with Crippen molar-refractivity contribution in [2.75, 3.05) is 29.9 Å². The fourth-order valence-electron chi connectivity index (χ4n) is 3.12. The van der Waals surface area contributed by atoms with Crippen molar-refractivity contribution >= 4 is 27.3 Å². The number of nitrogens with zero attached hydrogens (tertiary/aromatic N) is 1. The quantitative estimate of drug-likeness (QED) is 0.764. The molecule has 1 N–H and O–H groups in total. The maximum Gasteiger partial charge on any atom is 0.261 e. The van der Waals surface area contributed by atoms with Gasteiger partial charge in [-0.1, -0.05) is 0 Å². The molecule has 8 heteroatoms. The molecule has 1 saturated heterocycles. The zero-order chi connectivity index (χ0) is 20.1. The van der Waals surface area contributed by atoms with E-state index in [-0.39, 0.29) is 10.8 Å². The van der Waals surface area contributed by atoms with Gasteiger partial charge in [0.2, 0.25) is 5.91 Å². The van der Waals surface area contributed by atoms with Crippen molar-refractivity contribution in [3.63, 3.8) is 0 Å². The van der Waals surface area contributed by atoms with Crippen LogP contribution in [0.5, 0.6) is 11.5 Å². The van der Waals surface area contributed by atoms with E-state index >= 15 is 0 Å². The van der Waals surface area contributed by atoms with Crippen molar-refractivity contribution in [3.8, 4) is 11.5 Å². The van der Waals surface area contributed by atoms with Gasteiger partial charge in [-0.05, 0) is 56.2 Å². The van der Waals surface area contributed by atoms with Gasteiger partial charge in [0, 0.05) is 19.0 Å². The van der Waals surface area contributed by atoms with Crippen molar-refractivity contribution in [1.82, 2.24) is 0 Å². The van der Waals surface area contributed by atoms with E-state index in [9.17, 15) is 13.2 Å².